The molecule has 2 aromatic rings. The van der Waals surface area contributed by atoms with Crippen LogP contribution in [-0.4, -0.2) is 29.5 Å². The highest BCUT2D eigenvalue weighted by Crippen LogP contribution is 2.29. The molecule has 0 bridgehead atoms. The van der Waals surface area contributed by atoms with Gasteiger partial charge in [0.05, 0.1) is 23.8 Å². The van der Waals surface area contributed by atoms with Crippen LogP contribution in [0.5, 0.6) is 5.75 Å². The number of methoxy groups -OCH3 is 1. The second-order valence-corrected chi connectivity index (χ2v) is 5.51. The van der Waals surface area contributed by atoms with E-state index in [1.54, 1.807) is 4.90 Å². The zero-order valence-corrected chi connectivity index (χ0v) is 13.2. The second-order valence-electron chi connectivity index (χ2n) is 5.51. The van der Waals surface area contributed by atoms with Crippen molar-refractivity contribution < 1.29 is 14.5 Å². The second kappa shape index (κ2) is 6.57. The van der Waals surface area contributed by atoms with Gasteiger partial charge < -0.3 is 15.0 Å². The maximum absolute atomic E-state index is 12.5. The lowest BCUT2D eigenvalue weighted by atomic mass is 10.0. The molecule has 0 radical (unpaired) electrons. The van der Waals surface area contributed by atoms with Crippen LogP contribution >= 0.6 is 0 Å². The smallest absolute Gasteiger partial charge is 0.322 e. The summed E-state index contributed by atoms with van der Waals surface area (Å²) >= 11 is 0. The van der Waals surface area contributed by atoms with Crippen LogP contribution in [0.3, 0.4) is 0 Å². The molecule has 1 N–H and O–H groups in total. The lowest BCUT2D eigenvalue weighted by Crippen LogP contribution is -2.38. The first kappa shape index (κ1) is 15.8. The van der Waals surface area contributed by atoms with Crippen LogP contribution in [-0.2, 0) is 13.0 Å². The molecule has 7 nitrogen and oxygen atoms in total. The molecule has 0 spiro atoms. The fraction of sp³-hybridized carbons (Fsp3) is 0.235. The zero-order valence-electron chi connectivity index (χ0n) is 13.2. The molecule has 0 fully saturated rings. The number of ether oxygens (including phenoxy) is 1. The first-order valence-electron chi connectivity index (χ1n) is 7.53. The monoisotopic (exact) mass is 327 g/mol. The maximum Gasteiger partial charge on any atom is 0.322 e. The van der Waals surface area contributed by atoms with E-state index in [0.29, 0.717) is 18.8 Å². The molecule has 1 aliphatic heterocycles. The van der Waals surface area contributed by atoms with Crippen LogP contribution in [0.4, 0.5) is 16.2 Å². The summed E-state index contributed by atoms with van der Waals surface area (Å²) in [5, 5.41) is 13.6. The SMILES string of the molecule is COc1cc([N+](=O)[O-])ccc1NC(=O)N1CCc2ccccc2C1. The molecule has 0 aromatic heterocycles. The molecule has 24 heavy (non-hydrogen) atoms. The van der Waals surface area contributed by atoms with Crippen LogP contribution < -0.4 is 10.1 Å². The number of benzene rings is 2. The first-order chi connectivity index (χ1) is 11.6. The van der Waals surface area contributed by atoms with E-state index in [0.717, 1.165) is 12.0 Å². The van der Waals surface area contributed by atoms with E-state index < -0.39 is 4.92 Å². The van der Waals surface area contributed by atoms with Gasteiger partial charge in [-0.3, -0.25) is 10.1 Å². The van der Waals surface area contributed by atoms with Crippen LogP contribution in [0.1, 0.15) is 11.1 Å². The summed E-state index contributed by atoms with van der Waals surface area (Å²) in [6.45, 7) is 1.16. The Kier molecular flexibility index (Phi) is 4.33. The summed E-state index contributed by atoms with van der Waals surface area (Å²) in [5.41, 5.74) is 2.72. The van der Waals surface area contributed by atoms with Crippen LogP contribution in [0.15, 0.2) is 42.5 Å². The van der Waals surface area contributed by atoms with Gasteiger partial charge >= 0.3 is 6.03 Å². The van der Waals surface area contributed by atoms with Gasteiger partial charge in [-0.2, -0.15) is 0 Å². The molecule has 7 heteroatoms. The van der Waals surface area contributed by atoms with Crippen LogP contribution in [0.25, 0.3) is 0 Å². The van der Waals surface area contributed by atoms with Gasteiger partial charge in [0.1, 0.15) is 5.75 Å². The molecule has 0 saturated heterocycles. The number of urea groups is 1. The minimum Gasteiger partial charge on any atom is -0.494 e. The van der Waals surface area contributed by atoms with E-state index in [1.165, 1.54) is 30.9 Å². The third-order valence-corrected chi connectivity index (χ3v) is 4.06. The summed E-state index contributed by atoms with van der Waals surface area (Å²) in [6.07, 6.45) is 0.807. The molecule has 1 aliphatic rings. The van der Waals surface area contributed by atoms with Crippen molar-refractivity contribution >= 4 is 17.4 Å². The quantitative estimate of drug-likeness (QED) is 0.693. The molecule has 2 aromatic carbocycles. The topological polar surface area (TPSA) is 84.7 Å². The van der Waals surface area contributed by atoms with Gasteiger partial charge in [-0.1, -0.05) is 24.3 Å². The van der Waals surface area contributed by atoms with E-state index in [2.05, 4.69) is 11.4 Å². The van der Waals surface area contributed by atoms with E-state index in [9.17, 15) is 14.9 Å². The van der Waals surface area contributed by atoms with Gasteiger partial charge in [-0.05, 0) is 23.6 Å². The maximum atomic E-state index is 12.5. The number of hydrogen-bond acceptors (Lipinski definition) is 4. The van der Waals surface area contributed by atoms with E-state index >= 15 is 0 Å². The Morgan fingerprint density at radius 1 is 1.25 bits per heavy atom. The molecule has 0 unspecified atom stereocenters. The van der Waals surface area contributed by atoms with E-state index in [4.69, 9.17) is 4.74 Å². The third kappa shape index (κ3) is 3.15. The molecule has 0 saturated carbocycles. The van der Waals surface area contributed by atoms with Gasteiger partial charge in [-0.15, -0.1) is 0 Å². The Hall–Kier alpha value is -3.09. The lowest BCUT2D eigenvalue weighted by molar-refractivity contribution is -0.384. The number of nitrogens with one attached hydrogen (secondary N) is 1. The summed E-state index contributed by atoms with van der Waals surface area (Å²) in [6, 6.07) is 11.9. The number of hydrogen-bond donors (Lipinski definition) is 1. The number of fused-ring (bicyclic) bond motifs is 1. The molecular weight excluding hydrogens is 310 g/mol. The number of rotatable bonds is 3. The molecule has 0 atom stereocenters. The standard InChI is InChI=1S/C17H17N3O4/c1-24-16-10-14(20(22)23)6-7-15(16)18-17(21)19-9-8-12-4-2-3-5-13(12)11-19/h2-7,10H,8-9,11H2,1H3,(H,18,21). The van der Waals surface area contributed by atoms with Gasteiger partial charge in [0, 0.05) is 19.2 Å². The number of anilines is 1. The van der Waals surface area contributed by atoms with Crippen molar-refractivity contribution in [2.24, 2.45) is 0 Å². The van der Waals surface area contributed by atoms with Gasteiger partial charge in [-0.25, -0.2) is 4.79 Å². The van der Waals surface area contributed by atoms with Crippen molar-refractivity contribution in [1.29, 1.82) is 0 Å². The molecule has 0 aliphatic carbocycles. The predicted octanol–water partition coefficient (Wildman–Crippen LogP) is 3.19. The Balaban J connectivity index is 1.75. The van der Waals surface area contributed by atoms with Crippen LogP contribution in [0, 0.1) is 10.1 Å². The third-order valence-electron chi connectivity index (χ3n) is 4.06. The van der Waals surface area contributed by atoms with Crippen LogP contribution in [0.2, 0.25) is 0 Å². The molecule has 1 heterocycles. The normalized spacial score (nSPS) is 13.1. The predicted molar refractivity (Wildman–Crippen MR) is 89.2 cm³/mol. The Morgan fingerprint density at radius 2 is 2.00 bits per heavy atom. The van der Waals surface area contributed by atoms with Crippen molar-refractivity contribution in [2.75, 3.05) is 19.0 Å². The number of amides is 2. The average Bonchev–Trinajstić information content (AvgIpc) is 2.61. The fourth-order valence-electron chi connectivity index (χ4n) is 2.76. The number of non-ortho nitro benzene ring substituents is 1. The highest BCUT2D eigenvalue weighted by atomic mass is 16.6. The molecule has 124 valence electrons. The van der Waals surface area contributed by atoms with Crippen molar-refractivity contribution in [3.63, 3.8) is 0 Å². The number of nitro groups is 1. The van der Waals surface area contributed by atoms with Crippen molar-refractivity contribution in [2.45, 2.75) is 13.0 Å². The minimum atomic E-state index is -0.504. The molecular formula is C17H17N3O4. The van der Waals surface area contributed by atoms with Crippen molar-refractivity contribution in [3.05, 3.63) is 63.7 Å². The Morgan fingerprint density at radius 3 is 2.71 bits per heavy atom. The minimum absolute atomic E-state index is 0.0863. The highest BCUT2D eigenvalue weighted by molar-refractivity contribution is 5.91. The first-order valence-corrected chi connectivity index (χ1v) is 7.53. The summed E-state index contributed by atoms with van der Waals surface area (Å²) < 4.78 is 5.14. The summed E-state index contributed by atoms with van der Waals surface area (Å²) in [5.74, 6) is 0.259. The fourth-order valence-corrected chi connectivity index (χ4v) is 2.76. The average molecular weight is 327 g/mol. The number of nitro benzene ring substituents is 1. The Bertz CT molecular complexity index is 791. The van der Waals surface area contributed by atoms with E-state index in [-0.39, 0.29) is 17.5 Å². The lowest BCUT2D eigenvalue weighted by Gasteiger charge is -2.29. The van der Waals surface area contributed by atoms with Crippen molar-refractivity contribution in [3.8, 4) is 5.75 Å². The highest BCUT2D eigenvalue weighted by Gasteiger charge is 2.21. The number of carbonyl (C=O) groups is 1. The number of nitrogens with zero attached hydrogens (tertiary/aromatic N) is 2. The van der Waals surface area contributed by atoms with Crippen molar-refractivity contribution in [1.82, 2.24) is 4.90 Å². The molecule has 3 rings (SSSR count). The van der Waals surface area contributed by atoms with Gasteiger partial charge in [0.2, 0.25) is 0 Å². The molecule has 2 amide bonds. The van der Waals surface area contributed by atoms with Gasteiger partial charge in [0.25, 0.3) is 5.69 Å². The Labute approximate surface area is 139 Å². The van der Waals surface area contributed by atoms with E-state index in [1.807, 2.05) is 18.2 Å². The number of carbonyl (C=O) groups excluding carboxylic acids is 1. The summed E-state index contributed by atoms with van der Waals surface area (Å²) in [4.78, 5) is 24.5. The van der Waals surface area contributed by atoms with Gasteiger partial charge in [0.15, 0.2) is 0 Å². The largest absolute Gasteiger partial charge is 0.494 e. The summed E-state index contributed by atoms with van der Waals surface area (Å²) in [7, 11) is 1.41. The zero-order chi connectivity index (χ0) is 17.1.